The predicted molar refractivity (Wildman–Crippen MR) is 68.6 cm³/mol. The second kappa shape index (κ2) is 5.73. The van der Waals surface area contributed by atoms with Crippen LogP contribution in [0.15, 0.2) is 24.3 Å². The van der Waals surface area contributed by atoms with E-state index in [0.717, 1.165) is 11.3 Å². The molecule has 1 aliphatic heterocycles. The van der Waals surface area contributed by atoms with E-state index in [0.29, 0.717) is 13.1 Å². The number of likely N-dealkylation sites (tertiary alicyclic amines) is 1. The molecule has 0 aliphatic carbocycles. The number of carbonyl (C=O) groups excluding carboxylic acids is 2. The molecule has 0 bridgehead atoms. The first-order valence-electron chi connectivity index (χ1n) is 6.16. The number of esters is 1. The van der Waals surface area contributed by atoms with Crippen LogP contribution in [0.4, 0.5) is 0 Å². The van der Waals surface area contributed by atoms with Crippen LogP contribution in [-0.2, 0) is 20.9 Å². The van der Waals surface area contributed by atoms with Crippen molar-refractivity contribution < 1.29 is 19.1 Å². The first-order valence-corrected chi connectivity index (χ1v) is 6.16. The molecular formula is C14H17NO4. The van der Waals surface area contributed by atoms with Crippen LogP contribution in [-0.4, -0.2) is 36.5 Å². The van der Waals surface area contributed by atoms with Crippen LogP contribution in [0.25, 0.3) is 0 Å². The quantitative estimate of drug-likeness (QED) is 0.770. The highest BCUT2D eigenvalue weighted by Gasteiger charge is 2.31. The zero-order valence-corrected chi connectivity index (χ0v) is 11.1. The summed E-state index contributed by atoms with van der Waals surface area (Å²) in [4.78, 5) is 24.4. The second-order valence-electron chi connectivity index (χ2n) is 4.56. The number of amides is 1. The molecule has 1 amide bonds. The molecule has 0 N–H and O–H groups in total. The van der Waals surface area contributed by atoms with Gasteiger partial charge in [-0.15, -0.1) is 0 Å². The third kappa shape index (κ3) is 3.47. The fraction of sp³-hybridized carbons (Fsp3) is 0.429. The maximum atomic E-state index is 11.8. The van der Waals surface area contributed by atoms with Crippen molar-refractivity contribution in [3.8, 4) is 5.75 Å². The highest BCUT2D eigenvalue weighted by Crippen LogP contribution is 2.19. The third-order valence-electron chi connectivity index (χ3n) is 3.04. The Morgan fingerprint density at radius 3 is 2.63 bits per heavy atom. The van der Waals surface area contributed by atoms with Gasteiger partial charge in [-0.25, -0.2) is 0 Å². The van der Waals surface area contributed by atoms with Gasteiger partial charge < -0.3 is 14.4 Å². The monoisotopic (exact) mass is 263 g/mol. The average Bonchev–Trinajstić information content (AvgIpc) is 2.69. The van der Waals surface area contributed by atoms with Crippen LogP contribution in [0.5, 0.6) is 5.75 Å². The lowest BCUT2D eigenvalue weighted by Crippen LogP contribution is -2.26. The van der Waals surface area contributed by atoms with Crippen molar-refractivity contribution >= 4 is 11.9 Å². The molecule has 102 valence electrons. The van der Waals surface area contributed by atoms with Gasteiger partial charge in [-0.1, -0.05) is 12.1 Å². The van der Waals surface area contributed by atoms with Crippen molar-refractivity contribution in [1.29, 1.82) is 0 Å². The van der Waals surface area contributed by atoms with Gasteiger partial charge in [-0.2, -0.15) is 0 Å². The molecule has 1 unspecified atom stereocenters. The number of carbonyl (C=O) groups is 2. The van der Waals surface area contributed by atoms with Crippen LogP contribution in [0.2, 0.25) is 0 Å². The molecular weight excluding hydrogens is 246 g/mol. The van der Waals surface area contributed by atoms with Crippen LogP contribution < -0.4 is 4.74 Å². The number of ether oxygens (including phenoxy) is 2. The molecule has 0 aromatic heterocycles. The van der Waals surface area contributed by atoms with Crippen molar-refractivity contribution in [2.75, 3.05) is 13.7 Å². The molecule has 1 saturated heterocycles. The number of benzene rings is 1. The molecule has 1 aliphatic rings. The smallest absolute Gasteiger partial charge is 0.302 e. The molecule has 0 radical (unpaired) electrons. The fourth-order valence-electron chi connectivity index (χ4n) is 2.15. The number of nitrogens with zero attached hydrogens (tertiary/aromatic N) is 1. The number of rotatable bonds is 4. The summed E-state index contributed by atoms with van der Waals surface area (Å²) in [5.74, 6) is 0.459. The molecule has 2 rings (SSSR count). The van der Waals surface area contributed by atoms with Gasteiger partial charge in [0.2, 0.25) is 5.91 Å². The standard InChI is InChI=1S/C14H17NO4/c1-10(16)19-13-7-14(17)15(9-13)8-11-3-5-12(18-2)6-4-11/h3-6,13H,7-9H2,1-2H3. The molecule has 19 heavy (non-hydrogen) atoms. The Labute approximate surface area is 112 Å². The summed E-state index contributed by atoms with van der Waals surface area (Å²) in [7, 11) is 1.61. The fourth-order valence-corrected chi connectivity index (χ4v) is 2.15. The van der Waals surface area contributed by atoms with Crippen LogP contribution in [0.1, 0.15) is 18.9 Å². The first kappa shape index (κ1) is 13.4. The summed E-state index contributed by atoms with van der Waals surface area (Å²) < 4.78 is 10.1. The maximum Gasteiger partial charge on any atom is 0.302 e. The van der Waals surface area contributed by atoms with Gasteiger partial charge in [-0.05, 0) is 17.7 Å². The minimum atomic E-state index is -0.343. The van der Waals surface area contributed by atoms with E-state index in [1.807, 2.05) is 24.3 Å². The minimum Gasteiger partial charge on any atom is -0.497 e. The lowest BCUT2D eigenvalue weighted by Gasteiger charge is -2.16. The average molecular weight is 263 g/mol. The number of hydrogen-bond donors (Lipinski definition) is 0. The molecule has 5 nitrogen and oxygen atoms in total. The van der Waals surface area contributed by atoms with Crippen LogP contribution in [0.3, 0.4) is 0 Å². The lowest BCUT2D eigenvalue weighted by molar-refractivity contribution is -0.145. The largest absolute Gasteiger partial charge is 0.497 e. The van der Waals surface area contributed by atoms with E-state index in [-0.39, 0.29) is 24.4 Å². The summed E-state index contributed by atoms with van der Waals surface area (Å²) in [5.41, 5.74) is 1.03. The maximum absolute atomic E-state index is 11.8. The molecule has 0 spiro atoms. The Hall–Kier alpha value is -2.04. The summed E-state index contributed by atoms with van der Waals surface area (Å²) >= 11 is 0. The van der Waals surface area contributed by atoms with Crippen molar-refractivity contribution in [2.45, 2.75) is 26.0 Å². The molecule has 1 atom stereocenters. The van der Waals surface area contributed by atoms with Gasteiger partial charge in [0.25, 0.3) is 0 Å². The summed E-state index contributed by atoms with van der Waals surface area (Å²) in [6.45, 7) is 2.35. The third-order valence-corrected chi connectivity index (χ3v) is 3.04. The predicted octanol–water partition coefficient (Wildman–Crippen LogP) is 1.36. The molecule has 1 aromatic carbocycles. The Morgan fingerprint density at radius 1 is 1.37 bits per heavy atom. The van der Waals surface area contributed by atoms with E-state index in [4.69, 9.17) is 9.47 Å². The summed E-state index contributed by atoms with van der Waals surface area (Å²) in [6, 6.07) is 7.56. The highest BCUT2D eigenvalue weighted by molar-refractivity contribution is 5.79. The van der Waals surface area contributed by atoms with E-state index in [2.05, 4.69) is 0 Å². The van der Waals surface area contributed by atoms with Crippen molar-refractivity contribution in [3.63, 3.8) is 0 Å². The zero-order chi connectivity index (χ0) is 13.8. The van der Waals surface area contributed by atoms with Crippen LogP contribution in [0, 0.1) is 0 Å². The topological polar surface area (TPSA) is 55.8 Å². The Bertz CT molecular complexity index is 469. The van der Waals surface area contributed by atoms with Crippen molar-refractivity contribution in [1.82, 2.24) is 4.90 Å². The summed E-state index contributed by atoms with van der Waals surface area (Å²) in [5, 5.41) is 0. The van der Waals surface area contributed by atoms with Gasteiger partial charge in [0.05, 0.1) is 20.1 Å². The lowest BCUT2D eigenvalue weighted by atomic mass is 10.2. The first-order chi connectivity index (χ1) is 9.08. The molecule has 1 heterocycles. The van der Waals surface area contributed by atoms with Gasteiger partial charge >= 0.3 is 5.97 Å². The number of methoxy groups -OCH3 is 1. The van der Waals surface area contributed by atoms with Crippen molar-refractivity contribution in [2.24, 2.45) is 0 Å². The molecule has 0 saturated carbocycles. The molecule has 1 aromatic rings. The van der Waals surface area contributed by atoms with E-state index < -0.39 is 0 Å². The number of hydrogen-bond acceptors (Lipinski definition) is 4. The zero-order valence-electron chi connectivity index (χ0n) is 11.1. The van der Waals surface area contributed by atoms with Crippen molar-refractivity contribution in [3.05, 3.63) is 29.8 Å². The van der Waals surface area contributed by atoms with E-state index in [1.54, 1.807) is 12.0 Å². The van der Waals surface area contributed by atoms with Gasteiger partial charge in [0, 0.05) is 13.5 Å². The Kier molecular flexibility index (Phi) is 4.04. The normalized spacial score (nSPS) is 18.5. The van der Waals surface area contributed by atoms with E-state index >= 15 is 0 Å². The van der Waals surface area contributed by atoms with Gasteiger partial charge in [0.15, 0.2) is 0 Å². The Morgan fingerprint density at radius 2 is 2.05 bits per heavy atom. The van der Waals surface area contributed by atoms with Crippen LogP contribution >= 0.6 is 0 Å². The van der Waals surface area contributed by atoms with E-state index in [9.17, 15) is 9.59 Å². The highest BCUT2D eigenvalue weighted by atomic mass is 16.5. The van der Waals surface area contributed by atoms with E-state index in [1.165, 1.54) is 6.92 Å². The molecule has 1 fully saturated rings. The minimum absolute atomic E-state index is 0.0158. The van der Waals surface area contributed by atoms with Gasteiger partial charge in [0.1, 0.15) is 11.9 Å². The SMILES string of the molecule is COc1ccc(CN2CC(OC(C)=O)CC2=O)cc1. The van der Waals surface area contributed by atoms with Gasteiger partial charge in [-0.3, -0.25) is 9.59 Å². The Balaban J connectivity index is 1.95. The summed E-state index contributed by atoms with van der Waals surface area (Å²) in [6.07, 6.45) is -0.0429. The second-order valence-corrected chi connectivity index (χ2v) is 4.56. The molecule has 5 heteroatoms.